The molecular formula is C9H7IN2O2. The second-order valence-electron chi connectivity index (χ2n) is 2.48. The van der Waals surface area contributed by atoms with E-state index in [-0.39, 0.29) is 0 Å². The number of nitrogens with two attached hydrogens (primary N) is 1. The Morgan fingerprint density at radius 3 is 2.71 bits per heavy atom. The van der Waals surface area contributed by atoms with Gasteiger partial charge in [0.25, 0.3) is 0 Å². The topological polar surface area (TPSA) is 76.1 Å². The van der Waals surface area contributed by atoms with Gasteiger partial charge < -0.3 is 10.5 Å². The van der Waals surface area contributed by atoms with E-state index in [1.807, 2.05) is 28.7 Å². The molecule has 0 fully saturated rings. The number of hydrogen-bond acceptors (Lipinski definition) is 3. The van der Waals surface area contributed by atoms with Gasteiger partial charge in [-0.15, -0.1) is 0 Å². The van der Waals surface area contributed by atoms with Crippen molar-refractivity contribution in [2.45, 2.75) is 0 Å². The molecule has 0 heterocycles. The minimum atomic E-state index is -0.548. The van der Waals surface area contributed by atoms with Crippen molar-refractivity contribution >= 4 is 28.5 Å². The molecule has 14 heavy (non-hydrogen) atoms. The highest BCUT2D eigenvalue weighted by molar-refractivity contribution is 14.1. The summed E-state index contributed by atoms with van der Waals surface area (Å²) in [4.78, 5) is 11.0. The average molecular weight is 302 g/mol. The number of halogens is 1. The second-order valence-corrected chi connectivity index (χ2v) is 3.56. The number of methoxy groups -OCH3 is 1. The summed E-state index contributed by atoms with van der Waals surface area (Å²) in [6.45, 7) is 0. The van der Waals surface area contributed by atoms with Gasteiger partial charge in [0.05, 0.1) is 12.7 Å². The smallest absolute Gasteiger partial charge is 0.249 e. The van der Waals surface area contributed by atoms with Crippen molar-refractivity contribution in [3.63, 3.8) is 0 Å². The van der Waals surface area contributed by atoms with Crippen molar-refractivity contribution in [2.75, 3.05) is 7.11 Å². The summed E-state index contributed by atoms with van der Waals surface area (Å²) in [7, 11) is 1.47. The van der Waals surface area contributed by atoms with Crippen LogP contribution in [0.1, 0.15) is 15.9 Å². The van der Waals surface area contributed by atoms with E-state index in [1.54, 1.807) is 12.1 Å². The van der Waals surface area contributed by atoms with Crippen molar-refractivity contribution < 1.29 is 9.53 Å². The third kappa shape index (κ3) is 1.80. The first-order chi connectivity index (χ1) is 6.61. The summed E-state index contributed by atoms with van der Waals surface area (Å²) >= 11 is 1.90. The van der Waals surface area contributed by atoms with Gasteiger partial charge in [-0.1, -0.05) is 0 Å². The highest BCUT2D eigenvalue weighted by Crippen LogP contribution is 2.25. The largest absolute Gasteiger partial charge is 0.495 e. The zero-order chi connectivity index (χ0) is 10.7. The number of hydrogen-bond donors (Lipinski definition) is 1. The van der Waals surface area contributed by atoms with Crippen molar-refractivity contribution in [1.29, 1.82) is 5.26 Å². The van der Waals surface area contributed by atoms with E-state index in [0.29, 0.717) is 20.4 Å². The molecule has 0 aromatic heterocycles. The van der Waals surface area contributed by atoms with Crippen LogP contribution in [-0.4, -0.2) is 13.0 Å². The molecule has 0 bridgehead atoms. The number of amides is 1. The lowest BCUT2D eigenvalue weighted by molar-refractivity contribution is 0.0999. The van der Waals surface area contributed by atoms with Crippen molar-refractivity contribution in [3.8, 4) is 11.8 Å². The fourth-order valence-corrected chi connectivity index (χ4v) is 1.85. The molecule has 5 heteroatoms. The van der Waals surface area contributed by atoms with Gasteiger partial charge >= 0.3 is 0 Å². The predicted octanol–water partition coefficient (Wildman–Crippen LogP) is 1.27. The van der Waals surface area contributed by atoms with Crippen LogP contribution in [0.2, 0.25) is 0 Å². The Morgan fingerprint density at radius 1 is 1.64 bits per heavy atom. The maximum Gasteiger partial charge on any atom is 0.249 e. The third-order valence-electron chi connectivity index (χ3n) is 1.70. The molecule has 4 nitrogen and oxygen atoms in total. The Kier molecular flexibility index (Phi) is 3.30. The maximum absolute atomic E-state index is 11.0. The molecule has 0 aliphatic rings. The van der Waals surface area contributed by atoms with Crippen LogP contribution < -0.4 is 10.5 Å². The molecule has 0 aliphatic heterocycles. The van der Waals surface area contributed by atoms with E-state index in [4.69, 9.17) is 15.7 Å². The fraction of sp³-hybridized carbons (Fsp3) is 0.111. The lowest BCUT2D eigenvalue weighted by Crippen LogP contribution is -2.13. The lowest BCUT2D eigenvalue weighted by Gasteiger charge is -2.06. The summed E-state index contributed by atoms with van der Waals surface area (Å²) in [6.07, 6.45) is 0. The maximum atomic E-state index is 11.0. The molecule has 0 saturated carbocycles. The van der Waals surface area contributed by atoms with E-state index in [9.17, 15) is 4.79 Å². The average Bonchev–Trinajstić information content (AvgIpc) is 2.16. The monoisotopic (exact) mass is 302 g/mol. The summed E-state index contributed by atoms with van der Waals surface area (Å²) in [6, 6.07) is 5.07. The number of carbonyl (C=O) groups excluding carboxylic acids is 1. The Bertz CT molecular complexity index is 424. The normalized spacial score (nSPS) is 9.21. The summed E-state index contributed by atoms with van der Waals surface area (Å²) in [5, 5.41) is 8.85. The van der Waals surface area contributed by atoms with E-state index in [1.165, 1.54) is 7.11 Å². The highest BCUT2D eigenvalue weighted by atomic mass is 127. The standard InChI is InChI=1S/C9H7IN2O2/c1-14-7-3-2-5(9(12)13)8(10)6(7)4-11/h2-3H,1H3,(H2,12,13). The van der Waals surface area contributed by atoms with Gasteiger partial charge in [-0.25, -0.2) is 0 Å². The van der Waals surface area contributed by atoms with Gasteiger partial charge in [0, 0.05) is 3.57 Å². The van der Waals surface area contributed by atoms with Crippen LogP contribution in [0.5, 0.6) is 5.75 Å². The van der Waals surface area contributed by atoms with Crippen molar-refractivity contribution in [1.82, 2.24) is 0 Å². The van der Waals surface area contributed by atoms with E-state index in [0.717, 1.165) is 0 Å². The Balaban J connectivity index is 3.44. The number of nitrogens with zero attached hydrogens (tertiary/aromatic N) is 1. The van der Waals surface area contributed by atoms with Crippen LogP contribution in [0.15, 0.2) is 12.1 Å². The number of primary amides is 1. The molecule has 1 aromatic carbocycles. The molecule has 0 aliphatic carbocycles. The number of ether oxygens (including phenoxy) is 1. The zero-order valence-corrected chi connectivity index (χ0v) is 9.53. The van der Waals surface area contributed by atoms with Gasteiger partial charge in [0.2, 0.25) is 5.91 Å². The summed E-state index contributed by atoms with van der Waals surface area (Å²) in [5.74, 6) is -0.101. The zero-order valence-electron chi connectivity index (χ0n) is 7.37. The number of rotatable bonds is 2. The first kappa shape index (κ1) is 10.8. The highest BCUT2D eigenvalue weighted by Gasteiger charge is 2.14. The first-order valence-electron chi connectivity index (χ1n) is 3.68. The molecule has 72 valence electrons. The van der Waals surface area contributed by atoms with Gasteiger partial charge in [0.15, 0.2) is 0 Å². The molecule has 0 spiro atoms. The Hall–Kier alpha value is -1.29. The molecule has 1 rings (SSSR count). The fourth-order valence-electron chi connectivity index (χ4n) is 1.02. The molecule has 0 saturated heterocycles. The predicted molar refractivity (Wildman–Crippen MR) is 58.9 cm³/mol. The van der Waals surface area contributed by atoms with Gasteiger partial charge in [0.1, 0.15) is 17.4 Å². The number of carbonyl (C=O) groups is 1. The van der Waals surface area contributed by atoms with Crippen LogP contribution in [0, 0.1) is 14.9 Å². The minimum Gasteiger partial charge on any atom is -0.495 e. The van der Waals surface area contributed by atoms with E-state index < -0.39 is 5.91 Å². The van der Waals surface area contributed by atoms with Crippen LogP contribution >= 0.6 is 22.6 Å². The SMILES string of the molecule is COc1ccc(C(N)=O)c(I)c1C#N. The number of benzene rings is 1. The van der Waals surface area contributed by atoms with Crippen LogP contribution in [0.3, 0.4) is 0 Å². The molecule has 0 atom stereocenters. The lowest BCUT2D eigenvalue weighted by atomic mass is 10.1. The molecule has 1 amide bonds. The Labute approximate surface area is 94.8 Å². The van der Waals surface area contributed by atoms with E-state index in [2.05, 4.69) is 0 Å². The molecule has 1 aromatic rings. The van der Waals surface area contributed by atoms with Crippen molar-refractivity contribution in [3.05, 3.63) is 26.8 Å². The van der Waals surface area contributed by atoms with Crippen molar-refractivity contribution in [2.24, 2.45) is 5.73 Å². The molecule has 2 N–H and O–H groups in total. The third-order valence-corrected chi connectivity index (χ3v) is 2.82. The van der Waals surface area contributed by atoms with Crippen LogP contribution in [0.4, 0.5) is 0 Å². The van der Waals surface area contributed by atoms with E-state index >= 15 is 0 Å². The summed E-state index contributed by atoms with van der Waals surface area (Å²) in [5.41, 5.74) is 5.81. The molecule has 0 radical (unpaired) electrons. The first-order valence-corrected chi connectivity index (χ1v) is 4.76. The van der Waals surface area contributed by atoms with Crippen LogP contribution in [-0.2, 0) is 0 Å². The number of nitriles is 1. The molecule has 0 unspecified atom stereocenters. The Morgan fingerprint density at radius 2 is 2.29 bits per heavy atom. The van der Waals surface area contributed by atoms with Crippen LogP contribution in [0.25, 0.3) is 0 Å². The van der Waals surface area contributed by atoms with Gasteiger partial charge in [-0.3, -0.25) is 4.79 Å². The summed E-state index contributed by atoms with van der Waals surface area (Å²) < 4.78 is 5.50. The van der Waals surface area contributed by atoms with Gasteiger partial charge in [-0.2, -0.15) is 5.26 Å². The molecular weight excluding hydrogens is 295 g/mol. The van der Waals surface area contributed by atoms with Gasteiger partial charge in [-0.05, 0) is 34.7 Å². The minimum absolute atomic E-state index is 0.336. The quantitative estimate of drug-likeness (QED) is 0.836. The second kappa shape index (κ2) is 4.28.